The first kappa shape index (κ1) is 12.2. The van der Waals surface area contributed by atoms with Crippen LogP contribution in [0.25, 0.3) is 0 Å². The molecule has 0 unspecified atom stereocenters. The Hall–Kier alpha value is -1.23. The highest BCUT2D eigenvalue weighted by Crippen LogP contribution is 2.17. The van der Waals surface area contributed by atoms with Crippen molar-refractivity contribution in [1.82, 2.24) is 15.3 Å². The van der Waals surface area contributed by atoms with Gasteiger partial charge in [0, 0.05) is 18.4 Å². The SMILES string of the molecule is S=C(Nc1cnccn1)NC1CCCCCC1. The van der Waals surface area contributed by atoms with Crippen LogP contribution in [-0.4, -0.2) is 21.1 Å². The summed E-state index contributed by atoms with van der Waals surface area (Å²) in [6.07, 6.45) is 12.7. The summed E-state index contributed by atoms with van der Waals surface area (Å²) in [5.74, 6) is 0.693. The molecule has 5 heteroatoms. The van der Waals surface area contributed by atoms with Gasteiger partial charge in [0.05, 0.1) is 6.20 Å². The Morgan fingerprint density at radius 2 is 1.94 bits per heavy atom. The summed E-state index contributed by atoms with van der Waals surface area (Å²) in [4.78, 5) is 8.12. The lowest BCUT2D eigenvalue weighted by Gasteiger charge is -2.18. The maximum absolute atomic E-state index is 5.27. The molecule has 1 heterocycles. The zero-order valence-electron chi connectivity index (χ0n) is 9.85. The molecule has 4 nitrogen and oxygen atoms in total. The van der Waals surface area contributed by atoms with Crippen molar-refractivity contribution in [2.75, 3.05) is 5.32 Å². The van der Waals surface area contributed by atoms with Crippen molar-refractivity contribution in [3.8, 4) is 0 Å². The summed E-state index contributed by atoms with van der Waals surface area (Å²) in [6, 6.07) is 0.508. The summed E-state index contributed by atoms with van der Waals surface area (Å²) < 4.78 is 0. The minimum Gasteiger partial charge on any atom is -0.360 e. The lowest BCUT2D eigenvalue weighted by Crippen LogP contribution is -2.37. The highest BCUT2D eigenvalue weighted by Gasteiger charge is 2.12. The number of thiocarbonyl (C=S) groups is 1. The van der Waals surface area contributed by atoms with Gasteiger partial charge in [-0.3, -0.25) is 4.98 Å². The van der Waals surface area contributed by atoms with E-state index in [1.807, 2.05) is 0 Å². The fourth-order valence-corrected chi connectivity index (χ4v) is 2.40. The molecule has 0 radical (unpaired) electrons. The van der Waals surface area contributed by atoms with Gasteiger partial charge < -0.3 is 10.6 Å². The van der Waals surface area contributed by atoms with Crippen LogP contribution in [0, 0.1) is 0 Å². The normalized spacial score (nSPS) is 17.2. The van der Waals surface area contributed by atoms with Crippen molar-refractivity contribution in [3.05, 3.63) is 18.6 Å². The Bertz CT molecular complexity index is 347. The van der Waals surface area contributed by atoms with Gasteiger partial charge >= 0.3 is 0 Å². The highest BCUT2D eigenvalue weighted by molar-refractivity contribution is 7.80. The third-order valence-electron chi connectivity index (χ3n) is 3.00. The maximum Gasteiger partial charge on any atom is 0.172 e. The van der Waals surface area contributed by atoms with Crippen LogP contribution in [0.2, 0.25) is 0 Å². The molecule has 92 valence electrons. The molecular formula is C12H18N4S. The van der Waals surface area contributed by atoms with Crippen LogP contribution in [0.1, 0.15) is 38.5 Å². The molecule has 0 spiro atoms. The quantitative estimate of drug-likeness (QED) is 0.624. The van der Waals surface area contributed by atoms with Gasteiger partial charge in [0.1, 0.15) is 0 Å². The second-order valence-corrected chi connectivity index (χ2v) is 4.79. The Morgan fingerprint density at radius 3 is 2.59 bits per heavy atom. The number of nitrogens with one attached hydrogen (secondary N) is 2. The maximum atomic E-state index is 5.27. The molecule has 1 saturated carbocycles. The summed E-state index contributed by atoms with van der Waals surface area (Å²) in [5, 5.41) is 7.07. The minimum absolute atomic E-state index is 0.508. The van der Waals surface area contributed by atoms with Crippen molar-refractivity contribution >= 4 is 23.1 Å². The van der Waals surface area contributed by atoms with Gasteiger partial charge in [0.15, 0.2) is 10.9 Å². The Morgan fingerprint density at radius 1 is 1.18 bits per heavy atom. The zero-order valence-corrected chi connectivity index (χ0v) is 10.7. The van der Waals surface area contributed by atoms with Crippen molar-refractivity contribution in [2.24, 2.45) is 0 Å². The van der Waals surface area contributed by atoms with Crippen LogP contribution >= 0.6 is 12.2 Å². The van der Waals surface area contributed by atoms with E-state index in [0.29, 0.717) is 17.0 Å². The number of hydrogen-bond donors (Lipinski definition) is 2. The molecule has 1 aromatic heterocycles. The number of nitrogens with zero attached hydrogens (tertiary/aromatic N) is 2. The first-order valence-electron chi connectivity index (χ1n) is 6.18. The van der Waals surface area contributed by atoms with Crippen LogP contribution in [0.5, 0.6) is 0 Å². The molecule has 0 bridgehead atoms. The van der Waals surface area contributed by atoms with Gasteiger partial charge in [-0.15, -0.1) is 0 Å². The molecule has 0 saturated heterocycles. The monoisotopic (exact) mass is 250 g/mol. The zero-order chi connectivity index (χ0) is 11.9. The van der Waals surface area contributed by atoms with Crippen LogP contribution in [-0.2, 0) is 0 Å². The summed E-state index contributed by atoms with van der Waals surface area (Å²) in [7, 11) is 0. The molecule has 1 fully saturated rings. The lowest BCUT2D eigenvalue weighted by atomic mass is 10.1. The third kappa shape index (κ3) is 4.26. The summed E-state index contributed by atoms with van der Waals surface area (Å²) in [5.41, 5.74) is 0. The average Bonchev–Trinajstić information content (AvgIpc) is 2.59. The van der Waals surface area contributed by atoms with E-state index in [0.717, 1.165) is 0 Å². The Labute approximate surface area is 107 Å². The predicted molar refractivity (Wildman–Crippen MR) is 72.9 cm³/mol. The molecule has 0 amide bonds. The van der Waals surface area contributed by atoms with E-state index in [2.05, 4.69) is 20.6 Å². The summed E-state index contributed by atoms with van der Waals surface area (Å²) >= 11 is 5.27. The van der Waals surface area contributed by atoms with Crippen molar-refractivity contribution in [3.63, 3.8) is 0 Å². The Kier molecular flexibility index (Phi) is 4.67. The standard InChI is InChI=1S/C12H18N4S/c17-12(16-11-9-13-7-8-14-11)15-10-5-3-1-2-4-6-10/h7-10H,1-6H2,(H2,14,15,16,17). The first-order valence-corrected chi connectivity index (χ1v) is 6.59. The fourth-order valence-electron chi connectivity index (χ4n) is 2.13. The molecule has 1 aromatic rings. The van der Waals surface area contributed by atoms with Gasteiger partial charge in [-0.05, 0) is 25.1 Å². The van der Waals surface area contributed by atoms with Crippen LogP contribution in [0.3, 0.4) is 0 Å². The van der Waals surface area contributed by atoms with E-state index < -0.39 is 0 Å². The van der Waals surface area contributed by atoms with E-state index in [9.17, 15) is 0 Å². The van der Waals surface area contributed by atoms with E-state index >= 15 is 0 Å². The smallest absolute Gasteiger partial charge is 0.172 e. The molecule has 0 atom stereocenters. The molecule has 0 aliphatic heterocycles. The second kappa shape index (κ2) is 6.49. The second-order valence-electron chi connectivity index (χ2n) is 4.38. The van der Waals surface area contributed by atoms with Gasteiger partial charge in [0.25, 0.3) is 0 Å². The number of rotatable bonds is 2. The fraction of sp³-hybridized carbons (Fsp3) is 0.583. The van der Waals surface area contributed by atoms with Gasteiger partial charge in [-0.2, -0.15) is 0 Å². The summed E-state index contributed by atoms with van der Waals surface area (Å²) in [6.45, 7) is 0. The van der Waals surface area contributed by atoms with Crippen molar-refractivity contribution < 1.29 is 0 Å². The van der Waals surface area contributed by atoms with Crippen molar-refractivity contribution in [2.45, 2.75) is 44.6 Å². The highest BCUT2D eigenvalue weighted by atomic mass is 32.1. The van der Waals surface area contributed by atoms with E-state index in [1.165, 1.54) is 38.5 Å². The number of aromatic nitrogens is 2. The van der Waals surface area contributed by atoms with E-state index in [1.54, 1.807) is 18.6 Å². The predicted octanol–water partition coefficient (Wildman–Crippen LogP) is 2.49. The van der Waals surface area contributed by atoms with Gasteiger partial charge in [-0.1, -0.05) is 25.7 Å². The molecule has 1 aliphatic carbocycles. The third-order valence-corrected chi connectivity index (χ3v) is 3.22. The van der Waals surface area contributed by atoms with E-state index in [-0.39, 0.29) is 0 Å². The number of anilines is 1. The molecular weight excluding hydrogens is 232 g/mol. The van der Waals surface area contributed by atoms with Gasteiger partial charge in [0.2, 0.25) is 0 Å². The van der Waals surface area contributed by atoms with Crippen molar-refractivity contribution in [1.29, 1.82) is 0 Å². The molecule has 17 heavy (non-hydrogen) atoms. The van der Waals surface area contributed by atoms with Crippen LogP contribution in [0.4, 0.5) is 5.82 Å². The lowest BCUT2D eigenvalue weighted by molar-refractivity contribution is 0.535. The topological polar surface area (TPSA) is 49.8 Å². The largest absolute Gasteiger partial charge is 0.360 e. The minimum atomic E-state index is 0.508. The molecule has 2 N–H and O–H groups in total. The van der Waals surface area contributed by atoms with Crippen LogP contribution in [0.15, 0.2) is 18.6 Å². The van der Waals surface area contributed by atoms with Gasteiger partial charge in [-0.25, -0.2) is 4.98 Å². The average molecular weight is 250 g/mol. The number of hydrogen-bond acceptors (Lipinski definition) is 3. The van der Waals surface area contributed by atoms with E-state index in [4.69, 9.17) is 12.2 Å². The Balaban J connectivity index is 1.80. The molecule has 2 rings (SSSR count). The molecule has 0 aromatic carbocycles. The van der Waals surface area contributed by atoms with Crippen LogP contribution < -0.4 is 10.6 Å². The molecule has 1 aliphatic rings. The first-order chi connectivity index (χ1) is 8.34.